The lowest BCUT2D eigenvalue weighted by Gasteiger charge is -2.23. The molecule has 0 unspecified atom stereocenters. The molecule has 1 aliphatic heterocycles. The Kier molecular flexibility index (Phi) is 4.37. The van der Waals surface area contributed by atoms with Gasteiger partial charge in [-0.3, -0.25) is 0 Å². The number of fused-ring (bicyclic) bond motifs is 1. The lowest BCUT2D eigenvalue weighted by molar-refractivity contribution is 0.0903. The number of nitrogens with one attached hydrogen (secondary N) is 1. The molecule has 1 N–H and O–H groups in total. The van der Waals surface area contributed by atoms with Crippen LogP contribution in [0.15, 0.2) is 47.5 Å². The Balaban J connectivity index is 1.66. The van der Waals surface area contributed by atoms with Gasteiger partial charge < -0.3 is 10.1 Å². The number of rotatable bonds is 4. The predicted octanol–water partition coefficient (Wildman–Crippen LogP) is 2.39. The number of hydrogen-bond donors (Lipinski definition) is 1. The van der Waals surface area contributed by atoms with E-state index in [-0.39, 0.29) is 0 Å². The molecule has 0 atom stereocenters. The molecule has 3 aromatic rings. The molecule has 1 aliphatic rings. The van der Waals surface area contributed by atoms with Crippen LogP contribution in [-0.4, -0.2) is 48.5 Å². The van der Waals surface area contributed by atoms with E-state index in [0.717, 1.165) is 48.8 Å². The number of benzene rings is 1. The largest absolute Gasteiger partial charge is 0.381 e. The standard InChI is InChI=1S/C18H20N4O3S/c1-26(23,24)15-4-2-13(3-5-15)16-12-19-18-7-6-17(21-22(16)18)20-14-8-10-25-11-9-14/h2-7,12,14H,8-11H2,1H3,(H,20,21). The van der Waals surface area contributed by atoms with Gasteiger partial charge in [0.15, 0.2) is 15.5 Å². The van der Waals surface area contributed by atoms with Crippen LogP contribution in [0.1, 0.15) is 12.8 Å². The maximum Gasteiger partial charge on any atom is 0.175 e. The van der Waals surface area contributed by atoms with Gasteiger partial charge in [0.25, 0.3) is 0 Å². The van der Waals surface area contributed by atoms with E-state index in [4.69, 9.17) is 4.74 Å². The highest BCUT2D eigenvalue weighted by Crippen LogP contribution is 2.23. The lowest BCUT2D eigenvalue weighted by Crippen LogP contribution is -2.28. The zero-order valence-electron chi connectivity index (χ0n) is 14.4. The Morgan fingerprint density at radius 3 is 2.54 bits per heavy atom. The number of sulfone groups is 1. The van der Waals surface area contributed by atoms with Crippen LogP contribution in [0, 0.1) is 0 Å². The molecule has 0 aliphatic carbocycles. The van der Waals surface area contributed by atoms with Crippen molar-refractivity contribution in [1.82, 2.24) is 14.6 Å². The van der Waals surface area contributed by atoms with Gasteiger partial charge in [0.1, 0.15) is 5.82 Å². The molecule has 4 rings (SSSR count). The van der Waals surface area contributed by atoms with E-state index in [2.05, 4.69) is 15.4 Å². The third-order valence-corrected chi connectivity index (χ3v) is 5.64. The maximum absolute atomic E-state index is 11.6. The second kappa shape index (κ2) is 6.69. The minimum atomic E-state index is -3.21. The number of anilines is 1. The first-order valence-electron chi connectivity index (χ1n) is 8.50. The van der Waals surface area contributed by atoms with Gasteiger partial charge in [0.05, 0.1) is 16.8 Å². The average molecular weight is 372 g/mol. The highest BCUT2D eigenvalue weighted by molar-refractivity contribution is 7.90. The van der Waals surface area contributed by atoms with Crippen molar-refractivity contribution in [2.45, 2.75) is 23.8 Å². The molecule has 3 heterocycles. The average Bonchev–Trinajstić information content (AvgIpc) is 3.05. The maximum atomic E-state index is 11.6. The van der Waals surface area contributed by atoms with Gasteiger partial charge in [-0.2, -0.15) is 0 Å². The summed E-state index contributed by atoms with van der Waals surface area (Å²) >= 11 is 0. The molecule has 2 aromatic heterocycles. The first kappa shape index (κ1) is 17.0. The summed E-state index contributed by atoms with van der Waals surface area (Å²) in [6.07, 6.45) is 4.87. The van der Waals surface area contributed by atoms with Crippen molar-refractivity contribution < 1.29 is 13.2 Å². The molecule has 1 fully saturated rings. The summed E-state index contributed by atoms with van der Waals surface area (Å²) in [6, 6.07) is 11.0. The predicted molar refractivity (Wildman–Crippen MR) is 99.0 cm³/mol. The molecule has 7 nitrogen and oxygen atoms in total. The fraction of sp³-hybridized carbons (Fsp3) is 0.333. The molecule has 26 heavy (non-hydrogen) atoms. The monoisotopic (exact) mass is 372 g/mol. The van der Waals surface area contributed by atoms with Crippen molar-refractivity contribution in [1.29, 1.82) is 0 Å². The van der Waals surface area contributed by atoms with Crippen LogP contribution in [-0.2, 0) is 14.6 Å². The van der Waals surface area contributed by atoms with Crippen molar-refractivity contribution in [3.8, 4) is 11.3 Å². The minimum Gasteiger partial charge on any atom is -0.381 e. The number of hydrogen-bond acceptors (Lipinski definition) is 6. The molecule has 136 valence electrons. The lowest BCUT2D eigenvalue weighted by atomic mass is 10.1. The third-order valence-electron chi connectivity index (χ3n) is 4.51. The van der Waals surface area contributed by atoms with Crippen molar-refractivity contribution in [3.05, 3.63) is 42.6 Å². The van der Waals surface area contributed by atoms with E-state index in [0.29, 0.717) is 10.9 Å². The summed E-state index contributed by atoms with van der Waals surface area (Å²) in [6.45, 7) is 1.53. The van der Waals surface area contributed by atoms with Crippen molar-refractivity contribution >= 4 is 21.3 Å². The van der Waals surface area contributed by atoms with Crippen LogP contribution < -0.4 is 5.32 Å². The third kappa shape index (κ3) is 3.42. The van der Waals surface area contributed by atoms with Crippen LogP contribution in [0.25, 0.3) is 16.9 Å². The number of aromatic nitrogens is 3. The highest BCUT2D eigenvalue weighted by Gasteiger charge is 2.15. The zero-order valence-corrected chi connectivity index (χ0v) is 15.2. The van der Waals surface area contributed by atoms with Crippen molar-refractivity contribution in [2.75, 3.05) is 24.8 Å². The molecule has 1 saturated heterocycles. The first-order valence-corrected chi connectivity index (χ1v) is 10.4. The van der Waals surface area contributed by atoms with Gasteiger partial charge in [-0.1, -0.05) is 12.1 Å². The summed E-state index contributed by atoms with van der Waals surface area (Å²) in [4.78, 5) is 4.68. The second-order valence-corrected chi connectivity index (χ2v) is 8.48. The van der Waals surface area contributed by atoms with Gasteiger partial charge in [-0.25, -0.2) is 17.9 Å². The second-order valence-electron chi connectivity index (χ2n) is 6.46. The Morgan fingerprint density at radius 1 is 1.12 bits per heavy atom. The van der Waals surface area contributed by atoms with Gasteiger partial charge in [0, 0.05) is 31.1 Å². The normalized spacial score (nSPS) is 16.0. The van der Waals surface area contributed by atoms with E-state index in [1.165, 1.54) is 6.26 Å². The Hall–Kier alpha value is -2.45. The molecule has 8 heteroatoms. The van der Waals surface area contributed by atoms with Crippen LogP contribution in [0.3, 0.4) is 0 Å². The smallest absolute Gasteiger partial charge is 0.175 e. The van der Waals surface area contributed by atoms with Crippen molar-refractivity contribution in [2.24, 2.45) is 0 Å². The van der Waals surface area contributed by atoms with Crippen LogP contribution in [0.5, 0.6) is 0 Å². The zero-order chi connectivity index (χ0) is 18.1. The van der Waals surface area contributed by atoms with Gasteiger partial charge in [-0.15, -0.1) is 5.10 Å². The molecular weight excluding hydrogens is 352 g/mol. The number of ether oxygens (including phenoxy) is 1. The Bertz CT molecular complexity index is 1020. The van der Waals surface area contributed by atoms with E-state index in [9.17, 15) is 8.42 Å². The van der Waals surface area contributed by atoms with Gasteiger partial charge >= 0.3 is 0 Å². The molecule has 0 spiro atoms. The van der Waals surface area contributed by atoms with E-state index in [1.807, 2.05) is 12.1 Å². The summed E-state index contributed by atoms with van der Waals surface area (Å²) < 4.78 is 30.4. The summed E-state index contributed by atoms with van der Waals surface area (Å²) in [5.41, 5.74) is 2.42. The van der Waals surface area contributed by atoms with Gasteiger partial charge in [0.2, 0.25) is 0 Å². The van der Waals surface area contributed by atoms with Crippen LogP contribution in [0.2, 0.25) is 0 Å². The van der Waals surface area contributed by atoms with Crippen molar-refractivity contribution in [3.63, 3.8) is 0 Å². The molecule has 1 aromatic carbocycles. The van der Waals surface area contributed by atoms with E-state index < -0.39 is 9.84 Å². The quantitative estimate of drug-likeness (QED) is 0.757. The Morgan fingerprint density at radius 2 is 1.85 bits per heavy atom. The molecule has 0 radical (unpaired) electrons. The summed E-state index contributed by atoms with van der Waals surface area (Å²) in [7, 11) is -3.21. The molecule has 0 amide bonds. The minimum absolute atomic E-state index is 0.296. The molecular formula is C18H20N4O3S. The number of imidazole rings is 1. The summed E-state index contributed by atoms with van der Waals surface area (Å²) in [5, 5.41) is 8.11. The van der Waals surface area contributed by atoms with E-state index in [1.54, 1.807) is 35.0 Å². The topological polar surface area (TPSA) is 85.6 Å². The van der Waals surface area contributed by atoms with Gasteiger partial charge in [-0.05, 0) is 37.1 Å². The first-order chi connectivity index (χ1) is 12.5. The number of nitrogens with zero attached hydrogens (tertiary/aromatic N) is 3. The highest BCUT2D eigenvalue weighted by atomic mass is 32.2. The molecule has 0 saturated carbocycles. The Labute approximate surface area is 151 Å². The van der Waals surface area contributed by atoms with E-state index >= 15 is 0 Å². The SMILES string of the molecule is CS(=O)(=O)c1ccc(-c2cnc3ccc(NC4CCOCC4)nn23)cc1. The molecule has 0 bridgehead atoms. The fourth-order valence-electron chi connectivity index (χ4n) is 3.07. The fourth-order valence-corrected chi connectivity index (χ4v) is 3.70. The van der Waals surface area contributed by atoms with Crippen LogP contribution in [0.4, 0.5) is 5.82 Å². The van der Waals surface area contributed by atoms with Crippen LogP contribution >= 0.6 is 0 Å². The summed E-state index contributed by atoms with van der Waals surface area (Å²) in [5.74, 6) is 0.788.